The molecule has 0 heterocycles. The first-order valence-electron chi connectivity index (χ1n) is 14.8. The predicted molar refractivity (Wildman–Crippen MR) is 178 cm³/mol. The van der Waals surface area contributed by atoms with E-state index in [9.17, 15) is 27.0 Å². The smallest absolute Gasteiger partial charge is 0.434 e. The van der Waals surface area contributed by atoms with Gasteiger partial charge in [-0.05, 0) is 60.7 Å². The van der Waals surface area contributed by atoms with E-state index in [4.69, 9.17) is 0 Å². The van der Waals surface area contributed by atoms with E-state index in [1.807, 2.05) is 0 Å². The Kier molecular flexibility index (Phi) is 11.7. The van der Waals surface area contributed by atoms with Crippen LogP contribution in [0.2, 0.25) is 0 Å². The van der Waals surface area contributed by atoms with Crippen molar-refractivity contribution < 1.29 is 74.6 Å². The number of halogens is 7. The van der Waals surface area contributed by atoms with Gasteiger partial charge in [0, 0.05) is 22.9 Å². The molecular weight excluding hydrogens is 881 g/mol. The fraction of sp³-hybridized carbons (Fsp3) is 0.0857. The topological polar surface area (TPSA) is 139 Å². The summed E-state index contributed by atoms with van der Waals surface area (Å²) in [4.78, 5) is 1.14. The molecule has 0 aromatic heterocycles. The van der Waals surface area contributed by atoms with Gasteiger partial charge in [0.15, 0.2) is 18.3 Å². The number of nitrogens with zero attached hydrogens (tertiary/aromatic N) is 2. The molecule has 0 radical (unpaired) electrons. The van der Waals surface area contributed by atoms with E-state index in [1.165, 1.54) is 36.4 Å². The average Bonchev–Trinajstić information content (AvgIpc) is 3.13. The van der Waals surface area contributed by atoms with Gasteiger partial charge >= 0.3 is 57.7 Å². The maximum atomic E-state index is 15.2. The van der Waals surface area contributed by atoms with Gasteiger partial charge in [-0.1, -0.05) is 78.9 Å². The number of alkyl halides is 6. The minimum Gasteiger partial charge on any atom is -0.858 e. The van der Waals surface area contributed by atoms with E-state index < -0.39 is 91.5 Å². The zero-order valence-corrected chi connectivity index (χ0v) is 31.1. The Bertz CT molecular complexity index is 2330. The summed E-state index contributed by atoms with van der Waals surface area (Å²) in [6.45, 7) is 0. The zero-order valence-electron chi connectivity index (χ0n) is 26.5. The highest BCUT2D eigenvalue weighted by molar-refractivity contribution is 7.97. The number of rotatable bonds is 13. The Balaban J connectivity index is 1.52. The van der Waals surface area contributed by atoms with E-state index in [0.717, 1.165) is 12.1 Å². The second-order valence-electron chi connectivity index (χ2n) is 10.6. The van der Waals surface area contributed by atoms with E-state index in [1.54, 1.807) is 91.0 Å². The Morgan fingerprint density at radius 1 is 0.528 bits per heavy atom. The number of benzene rings is 5. The van der Waals surface area contributed by atoms with Gasteiger partial charge in [0.1, 0.15) is 0 Å². The third-order valence-electron chi connectivity index (χ3n) is 7.13. The molecule has 0 aliphatic rings. The van der Waals surface area contributed by atoms with E-state index in [2.05, 4.69) is 8.80 Å². The number of hydrogen-bond donors (Lipinski definition) is 0. The molecule has 8 nitrogen and oxygen atoms in total. The molecule has 0 saturated heterocycles. The highest BCUT2D eigenvalue weighted by Crippen LogP contribution is 2.51. The fourth-order valence-corrected chi connectivity index (χ4v) is 11.2. The summed E-state index contributed by atoms with van der Waals surface area (Å²) in [5, 5.41) is 12.0. The molecule has 0 amide bonds. The number of hydrogen-bond acceptors (Lipinski definition) is 6. The van der Waals surface area contributed by atoms with Gasteiger partial charge in [0.25, 0.3) is 0 Å². The van der Waals surface area contributed by atoms with Crippen LogP contribution in [0, 0.1) is 7.14 Å². The summed E-state index contributed by atoms with van der Waals surface area (Å²) >= 11 is -1.27. The Labute approximate surface area is 313 Å². The van der Waals surface area contributed by atoms with Crippen molar-refractivity contribution in [3.05, 3.63) is 158 Å². The molecule has 0 aliphatic carbocycles. The van der Waals surface area contributed by atoms with Crippen LogP contribution in [0.5, 0.6) is 0 Å². The lowest BCUT2D eigenvalue weighted by Crippen LogP contribution is -3.61. The zero-order chi connectivity index (χ0) is 38.7. The summed E-state index contributed by atoms with van der Waals surface area (Å²) in [7, 11) is -15.7. The van der Waals surface area contributed by atoms with Crippen molar-refractivity contribution in [3.63, 3.8) is 0 Å². The van der Waals surface area contributed by atoms with Gasteiger partial charge in [0.2, 0.25) is 3.57 Å². The van der Waals surface area contributed by atoms with Crippen molar-refractivity contribution in [2.45, 2.75) is 31.1 Å². The van der Waals surface area contributed by atoms with Crippen molar-refractivity contribution in [2.24, 2.45) is 8.80 Å². The van der Waals surface area contributed by atoms with Gasteiger partial charge in [-0.15, -0.1) is 0 Å². The quantitative estimate of drug-likeness (QED) is 0.0585. The first kappa shape index (κ1) is 39.8. The SMILES string of the molecule is O=S(=O)(N=C([O-])c1ccccc1[S+](c1ccccc1)c1ccccc1)C(F)(F)C(F)(F)C(F)(F)S(=O)(=O)/N=C(\[O-])c1ccccc1[I+]c1ccccc1. The summed E-state index contributed by atoms with van der Waals surface area (Å²) in [6, 6.07) is 34.7. The molecule has 276 valence electrons. The van der Waals surface area contributed by atoms with Crippen molar-refractivity contribution in [3.8, 4) is 0 Å². The molecule has 0 N–H and O–H groups in total. The van der Waals surface area contributed by atoms with Crippen LogP contribution in [-0.4, -0.2) is 45.1 Å². The molecule has 0 unspecified atom stereocenters. The lowest BCUT2D eigenvalue weighted by atomic mass is 10.2. The normalized spacial score (nSPS) is 13.6. The maximum absolute atomic E-state index is 15.2. The van der Waals surface area contributed by atoms with Gasteiger partial charge < -0.3 is 10.2 Å². The Morgan fingerprint density at radius 2 is 0.906 bits per heavy atom. The molecule has 18 heteroatoms. The second-order valence-corrected chi connectivity index (χ2v) is 18.9. The van der Waals surface area contributed by atoms with Crippen LogP contribution >= 0.6 is 0 Å². The van der Waals surface area contributed by atoms with E-state index in [0.29, 0.717) is 13.4 Å². The first-order valence-corrected chi connectivity index (χ1v) is 21.1. The first-order chi connectivity index (χ1) is 24.9. The number of sulfonamides is 2. The highest BCUT2D eigenvalue weighted by atomic mass is 127. The van der Waals surface area contributed by atoms with Gasteiger partial charge in [0.05, 0.1) is 10.9 Å². The van der Waals surface area contributed by atoms with Crippen LogP contribution in [-0.2, 0) is 30.9 Å². The Morgan fingerprint density at radius 3 is 1.40 bits per heavy atom. The highest BCUT2D eigenvalue weighted by Gasteiger charge is 2.82. The van der Waals surface area contributed by atoms with Crippen molar-refractivity contribution in [1.29, 1.82) is 0 Å². The molecule has 0 fully saturated rings. The van der Waals surface area contributed by atoms with Gasteiger partial charge in [-0.3, -0.25) is 0 Å². The summed E-state index contributed by atoms with van der Waals surface area (Å²) in [6.07, 6.45) is 0. The Hall–Kier alpha value is -4.40. The van der Waals surface area contributed by atoms with Crippen LogP contribution in [0.3, 0.4) is 0 Å². The molecule has 0 bridgehead atoms. The molecule has 5 aromatic rings. The molecule has 5 aromatic carbocycles. The van der Waals surface area contributed by atoms with Gasteiger partial charge in [-0.25, -0.2) is 0 Å². The standard InChI is InChI=1S/C35H23F6IN2O6S3/c36-33(37,34(38,39)52(47,48)43-31(45)27-20-10-12-22-29(27)42-24-14-4-1-5-15-24)35(40,41)53(49,50)44-32(46)28-21-11-13-23-30(28)51(25-16-6-2-7-17-25)26-18-8-3-9-19-26/h1-23H. The predicted octanol–water partition coefficient (Wildman–Crippen LogP) is 2.30. The van der Waals surface area contributed by atoms with Gasteiger partial charge in [-0.2, -0.15) is 52.0 Å². The van der Waals surface area contributed by atoms with E-state index >= 15 is 26.3 Å². The minimum absolute atomic E-state index is 0.0177. The average molecular weight is 905 g/mol. The maximum Gasteiger partial charge on any atom is 0.434 e. The fourth-order valence-electron chi connectivity index (χ4n) is 4.56. The molecule has 0 atom stereocenters. The summed E-state index contributed by atoms with van der Waals surface area (Å²) < 4.78 is 147. The molecule has 53 heavy (non-hydrogen) atoms. The molecule has 0 saturated carbocycles. The molecular formula is C35H23F6IN2O6S3. The summed E-state index contributed by atoms with van der Waals surface area (Å²) in [5.74, 6) is -11.3. The minimum atomic E-state index is -7.31. The van der Waals surface area contributed by atoms with Crippen LogP contribution in [0.25, 0.3) is 0 Å². The lowest BCUT2D eigenvalue weighted by Gasteiger charge is -2.30. The van der Waals surface area contributed by atoms with Crippen molar-refractivity contribution in [1.82, 2.24) is 0 Å². The third-order valence-corrected chi connectivity index (χ3v) is 14.9. The van der Waals surface area contributed by atoms with Crippen LogP contribution in [0.15, 0.2) is 163 Å². The third kappa shape index (κ3) is 7.95. The molecule has 0 aliphatic heterocycles. The largest absolute Gasteiger partial charge is 0.858 e. The van der Waals surface area contributed by atoms with E-state index in [-0.39, 0.29) is 8.47 Å². The second kappa shape index (κ2) is 15.5. The van der Waals surface area contributed by atoms with Crippen molar-refractivity contribution in [2.75, 3.05) is 0 Å². The molecule has 0 spiro atoms. The summed E-state index contributed by atoms with van der Waals surface area (Å²) in [5.41, 5.74) is -1.24. The monoisotopic (exact) mass is 904 g/mol. The van der Waals surface area contributed by atoms with Crippen LogP contribution in [0.1, 0.15) is 11.1 Å². The molecule has 5 rings (SSSR count). The van der Waals surface area contributed by atoms with Crippen molar-refractivity contribution >= 4 is 42.7 Å². The lowest BCUT2D eigenvalue weighted by molar-refractivity contribution is -0.597. The van der Waals surface area contributed by atoms with Crippen LogP contribution < -0.4 is 31.4 Å². The van der Waals surface area contributed by atoms with Crippen LogP contribution in [0.4, 0.5) is 26.3 Å².